The number of aromatic nitrogens is 3. The molecule has 0 spiro atoms. The van der Waals surface area contributed by atoms with Gasteiger partial charge in [-0.2, -0.15) is 0 Å². The first kappa shape index (κ1) is 24.5. The van der Waals surface area contributed by atoms with E-state index in [0.717, 1.165) is 37.0 Å². The van der Waals surface area contributed by atoms with Crippen molar-refractivity contribution in [3.05, 3.63) is 80.2 Å². The summed E-state index contributed by atoms with van der Waals surface area (Å²) in [5.41, 5.74) is 5.38. The third-order valence-corrected chi connectivity index (χ3v) is 7.51. The van der Waals surface area contributed by atoms with Gasteiger partial charge in [0, 0.05) is 14.6 Å². The number of halogens is 2. The van der Waals surface area contributed by atoms with Gasteiger partial charge in [-0.15, -0.1) is 10.2 Å². The van der Waals surface area contributed by atoms with Gasteiger partial charge < -0.3 is 10.4 Å². The predicted octanol–water partition coefficient (Wildman–Crippen LogP) is 6.82. The molecule has 0 radical (unpaired) electrons. The smallest absolute Gasteiger partial charge is 0.234 e. The van der Waals surface area contributed by atoms with Crippen LogP contribution in [-0.4, -0.2) is 31.5 Å². The summed E-state index contributed by atoms with van der Waals surface area (Å²) in [6.45, 7) is 6.03. The van der Waals surface area contributed by atoms with E-state index in [4.69, 9.17) is 0 Å². The molecule has 4 rings (SSSR count). The number of aromatic hydroxyl groups is 1. The standard InChI is InChI=1S/C25H22Br2N4O2S/c1-14-4-8-21(16(3)10-14)31-24(19-12-17(26)5-9-22(19)32)29-30-25(31)34-13-23(33)28-18-6-7-20(27)15(2)11-18/h4-12,32H,13H2,1-3H3,(H,28,33). The number of anilines is 1. The molecule has 0 unspecified atom stereocenters. The second-order valence-corrected chi connectivity index (χ2v) is 10.6. The molecular weight excluding hydrogens is 580 g/mol. The molecule has 34 heavy (non-hydrogen) atoms. The van der Waals surface area contributed by atoms with E-state index in [0.29, 0.717) is 16.5 Å². The maximum atomic E-state index is 12.7. The number of rotatable bonds is 6. The number of phenolic OH excluding ortho intramolecular Hbond substituents is 1. The second-order valence-electron chi connectivity index (χ2n) is 7.89. The van der Waals surface area contributed by atoms with Crippen LogP contribution in [0.3, 0.4) is 0 Å². The molecule has 0 bridgehead atoms. The van der Waals surface area contributed by atoms with E-state index >= 15 is 0 Å². The topological polar surface area (TPSA) is 80.0 Å². The average Bonchev–Trinajstić information content (AvgIpc) is 3.20. The van der Waals surface area contributed by atoms with E-state index in [9.17, 15) is 9.90 Å². The molecule has 0 saturated heterocycles. The third-order valence-electron chi connectivity index (χ3n) is 5.20. The number of hydrogen-bond acceptors (Lipinski definition) is 5. The Kier molecular flexibility index (Phi) is 7.45. The highest BCUT2D eigenvalue weighted by Crippen LogP contribution is 2.35. The van der Waals surface area contributed by atoms with Crippen LogP contribution >= 0.6 is 43.6 Å². The largest absolute Gasteiger partial charge is 0.507 e. The van der Waals surface area contributed by atoms with E-state index in [1.54, 1.807) is 18.2 Å². The van der Waals surface area contributed by atoms with Crippen LogP contribution in [0.25, 0.3) is 17.1 Å². The number of carbonyl (C=O) groups excluding carboxylic acids is 1. The lowest BCUT2D eigenvalue weighted by molar-refractivity contribution is -0.113. The molecule has 174 valence electrons. The summed E-state index contributed by atoms with van der Waals surface area (Å²) in [5.74, 6) is 0.607. The summed E-state index contributed by atoms with van der Waals surface area (Å²) in [6, 6.07) is 17.0. The van der Waals surface area contributed by atoms with Crippen molar-refractivity contribution in [1.82, 2.24) is 14.8 Å². The molecule has 0 aliphatic carbocycles. The van der Waals surface area contributed by atoms with Gasteiger partial charge in [0.2, 0.25) is 5.91 Å². The zero-order chi connectivity index (χ0) is 24.4. The maximum absolute atomic E-state index is 12.7. The number of nitrogens with zero attached hydrogens (tertiary/aromatic N) is 3. The van der Waals surface area contributed by atoms with Gasteiger partial charge in [0.15, 0.2) is 11.0 Å². The number of nitrogens with one attached hydrogen (secondary N) is 1. The molecular formula is C25H22Br2N4O2S. The molecule has 0 atom stereocenters. The van der Waals surface area contributed by atoms with E-state index in [-0.39, 0.29) is 17.4 Å². The zero-order valence-corrected chi connectivity index (χ0v) is 22.8. The highest BCUT2D eigenvalue weighted by molar-refractivity contribution is 9.10. The Morgan fingerprint density at radius 1 is 1.00 bits per heavy atom. The van der Waals surface area contributed by atoms with E-state index in [1.165, 1.54) is 11.8 Å². The minimum Gasteiger partial charge on any atom is -0.507 e. The van der Waals surface area contributed by atoms with Gasteiger partial charge in [-0.1, -0.05) is 61.3 Å². The lowest BCUT2D eigenvalue weighted by Crippen LogP contribution is -2.14. The fourth-order valence-corrected chi connectivity index (χ4v) is 4.90. The summed E-state index contributed by atoms with van der Waals surface area (Å²) in [5, 5.41) is 22.8. The van der Waals surface area contributed by atoms with Gasteiger partial charge in [-0.25, -0.2) is 0 Å². The van der Waals surface area contributed by atoms with Crippen LogP contribution < -0.4 is 5.32 Å². The Balaban J connectivity index is 1.67. The van der Waals surface area contributed by atoms with Crippen molar-refractivity contribution in [1.29, 1.82) is 0 Å². The summed E-state index contributed by atoms with van der Waals surface area (Å²) < 4.78 is 3.69. The molecule has 4 aromatic rings. The molecule has 6 nitrogen and oxygen atoms in total. The van der Waals surface area contributed by atoms with Crippen molar-refractivity contribution in [2.75, 3.05) is 11.1 Å². The van der Waals surface area contributed by atoms with Crippen LogP contribution in [-0.2, 0) is 4.79 Å². The summed E-state index contributed by atoms with van der Waals surface area (Å²) in [6.07, 6.45) is 0. The van der Waals surface area contributed by atoms with E-state index in [1.807, 2.05) is 55.7 Å². The van der Waals surface area contributed by atoms with Crippen molar-refractivity contribution in [3.8, 4) is 22.8 Å². The summed E-state index contributed by atoms with van der Waals surface area (Å²) >= 11 is 8.23. The van der Waals surface area contributed by atoms with Crippen molar-refractivity contribution >= 4 is 55.2 Å². The first-order valence-electron chi connectivity index (χ1n) is 10.4. The first-order chi connectivity index (χ1) is 16.2. The van der Waals surface area contributed by atoms with Crippen molar-refractivity contribution < 1.29 is 9.90 Å². The lowest BCUT2D eigenvalue weighted by Gasteiger charge is -2.14. The molecule has 1 amide bonds. The van der Waals surface area contributed by atoms with Crippen molar-refractivity contribution in [3.63, 3.8) is 0 Å². The van der Waals surface area contributed by atoms with Gasteiger partial charge in [0.1, 0.15) is 5.75 Å². The Morgan fingerprint density at radius 2 is 1.79 bits per heavy atom. The quantitative estimate of drug-likeness (QED) is 0.237. The van der Waals surface area contributed by atoms with Gasteiger partial charge >= 0.3 is 0 Å². The molecule has 9 heteroatoms. The number of aryl methyl sites for hydroxylation is 3. The van der Waals surface area contributed by atoms with Crippen LogP contribution in [0.5, 0.6) is 5.75 Å². The monoisotopic (exact) mass is 600 g/mol. The SMILES string of the molecule is Cc1ccc(-n2c(SCC(=O)Nc3ccc(Br)c(C)c3)nnc2-c2cc(Br)ccc2O)c(C)c1. The lowest BCUT2D eigenvalue weighted by atomic mass is 10.1. The molecule has 1 aromatic heterocycles. The first-order valence-corrected chi connectivity index (χ1v) is 13.0. The van der Waals surface area contributed by atoms with E-state index in [2.05, 4.69) is 53.4 Å². The second kappa shape index (κ2) is 10.3. The number of hydrogen-bond donors (Lipinski definition) is 2. The number of phenols is 1. The van der Waals surface area contributed by atoms with Crippen LogP contribution in [0.2, 0.25) is 0 Å². The number of amides is 1. The Morgan fingerprint density at radius 3 is 2.53 bits per heavy atom. The zero-order valence-electron chi connectivity index (χ0n) is 18.8. The molecule has 0 aliphatic rings. The van der Waals surface area contributed by atoms with Gasteiger partial charge in [0.05, 0.1) is 17.0 Å². The number of carbonyl (C=O) groups is 1. The van der Waals surface area contributed by atoms with Gasteiger partial charge in [-0.05, 0) is 74.4 Å². The molecule has 2 N–H and O–H groups in total. The van der Waals surface area contributed by atoms with Crippen molar-refractivity contribution in [2.45, 2.75) is 25.9 Å². The number of benzene rings is 3. The maximum Gasteiger partial charge on any atom is 0.234 e. The molecule has 0 saturated carbocycles. The molecule has 3 aromatic carbocycles. The van der Waals surface area contributed by atoms with Gasteiger partial charge in [-0.3, -0.25) is 9.36 Å². The minimum atomic E-state index is -0.145. The number of thioether (sulfide) groups is 1. The normalized spacial score (nSPS) is 11.0. The van der Waals surface area contributed by atoms with Crippen LogP contribution in [0.15, 0.2) is 68.7 Å². The van der Waals surface area contributed by atoms with Gasteiger partial charge in [0.25, 0.3) is 0 Å². The Hall–Kier alpha value is -2.62. The minimum absolute atomic E-state index is 0.0986. The van der Waals surface area contributed by atoms with E-state index < -0.39 is 0 Å². The Bertz CT molecular complexity index is 1390. The predicted molar refractivity (Wildman–Crippen MR) is 144 cm³/mol. The van der Waals surface area contributed by atoms with Crippen LogP contribution in [0.4, 0.5) is 5.69 Å². The molecule has 0 aliphatic heterocycles. The third kappa shape index (κ3) is 5.37. The highest BCUT2D eigenvalue weighted by atomic mass is 79.9. The summed E-state index contributed by atoms with van der Waals surface area (Å²) in [7, 11) is 0. The highest BCUT2D eigenvalue weighted by Gasteiger charge is 2.21. The Labute approximate surface area is 219 Å². The molecule has 0 fully saturated rings. The molecule has 1 heterocycles. The van der Waals surface area contributed by atoms with Crippen LogP contribution in [0.1, 0.15) is 16.7 Å². The van der Waals surface area contributed by atoms with Crippen molar-refractivity contribution in [2.24, 2.45) is 0 Å². The summed E-state index contributed by atoms with van der Waals surface area (Å²) in [4.78, 5) is 12.7. The average molecular weight is 602 g/mol. The fraction of sp³-hybridized carbons (Fsp3) is 0.160. The van der Waals surface area contributed by atoms with Crippen LogP contribution in [0, 0.1) is 20.8 Å². The fourth-order valence-electron chi connectivity index (χ4n) is 3.55.